The fourth-order valence-electron chi connectivity index (χ4n) is 3.87. The van der Waals surface area contributed by atoms with Gasteiger partial charge in [0.1, 0.15) is 17.7 Å². The van der Waals surface area contributed by atoms with Crippen LogP contribution in [0.1, 0.15) is 25.1 Å². The maximum Gasteiger partial charge on any atom is 0.263 e. The average Bonchev–Trinajstić information content (AvgIpc) is 3.29. The fourth-order valence-corrected chi connectivity index (χ4v) is 3.87. The molecule has 0 saturated heterocycles. The number of rotatable bonds is 5. The summed E-state index contributed by atoms with van der Waals surface area (Å²) in [6.07, 6.45) is 3.38. The molecule has 0 amide bonds. The summed E-state index contributed by atoms with van der Waals surface area (Å²) in [6.45, 7) is 1.90. The van der Waals surface area contributed by atoms with Crippen LogP contribution in [-0.2, 0) is 0 Å². The number of aromatic nitrogens is 5. The largest absolute Gasteiger partial charge is 0.360 e. The van der Waals surface area contributed by atoms with Crippen LogP contribution in [0, 0.1) is 17.5 Å². The van der Waals surface area contributed by atoms with Gasteiger partial charge in [0.15, 0.2) is 23.1 Å². The first-order valence-corrected chi connectivity index (χ1v) is 10.2. The molecular formula is C23H17F3N6O. The highest BCUT2D eigenvalue weighted by Crippen LogP contribution is 2.28. The van der Waals surface area contributed by atoms with Crippen LogP contribution in [0.2, 0.25) is 0 Å². The third kappa shape index (κ3) is 3.59. The van der Waals surface area contributed by atoms with E-state index in [1.54, 1.807) is 6.07 Å². The number of anilines is 1. The lowest BCUT2D eigenvalue weighted by Crippen LogP contribution is -2.26. The molecule has 2 aromatic carbocycles. The Labute approximate surface area is 185 Å². The SMILES string of the molecule is CC[C@H](Nc1ncnc2[nH]cnc12)c1cc2ccc(F)cc2c(=O)n1-c1ccc(F)c(F)c1. The molecule has 2 N–H and O–H groups in total. The Balaban J connectivity index is 1.74. The predicted molar refractivity (Wildman–Crippen MR) is 118 cm³/mol. The molecule has 166 valence electrons. The van der Waals surface area contributed by atoms with Gasteiger partial charge in [-0.2, -0.15) is 0 Å². The van der Waals surface area contributed by atoms with Gasteiger partial charge in [-0.25, -0.2) is 28.1 Å². The summed E-state index contributed by atoms with van der Waals surface area (Å²) in [5.74, 6) is -2.26. The summed E-state index contributed by atoms with van der Waals surface area (Å²) in [5, 5.41) is 3.92. The summed E-state index contributed by atoms with van der Waals surface area (Å²) in [5.41, 5.74) is 1.08. The first-order valence-electron chi connectivity index (χ1n) is 10.2. The van der Waals surface area contributed by atoms with Crippen molar-refractivity contribution >= 4 is 27.8 Å². The van der Waals surface area contributed by atoms with Gasteiger partial charge in [-0.3, -0.25) is 9.36 Å². The highest BCUT2D eigenvalue weighted by Gasteiger charge is 2.21. The zero-order valence-corrected chi connectivity index (χ0v) is 17.3. The summed E-state index contributed by atoms with van der Waals surface area (Å²) >= 11 is 0. The van der Waals surface area contributed by atoms with Crippen LogP contribution in [0.5, 0.6) is 0 Å². The number of imidazole rings is 1. The van der Waals surface area contributed by atoms with Crippen LogP contribution in [0.25, 0.3) is 27.6 Å². The Morgan fingerprint density at radius 3 is 2.67 bits per heavy atom. The second-order valence-corrected chi connectivity index (χ2v) is 7.47. The van der Waals surface area contributed by atoms with Gasteiger partial charge >= 0.3 is 0 Å². The molecule has 0 spiro atoms. The molecule has 33 heavy (non-hydrogen) atoms. The van der Waals surface area contributed by atoms with E-state index in [2.05, 4.69) is 25.3 Å². The Bertz CT molecular complexity index is 1560. The number of H-pyrrole nitrogens is 1. The Morgan fingerprint density at radius 1 is 1.03 bits per heavy atom. The van der Waals surface area contributed by atoms with E-state index in [1.807, 2.05) is 6.92 Å². The van der Waals surface area contributed by atoms with Gasteiger partial charge in [0.2, 0.25) is 0 Å². The number of pyridine rings is 1. The van der Waals surface area contributed by atoms with Crippen LogP contribution < -0.4 is 10.9 Å². The van der Waals surface area contributed by atoms with Gasteiger partial charge in [-0.1, -0.05) is 13.0 Å². The van der Waals surface area contributed by atoms with Crippen molar-refractivity contribution in [2.24, 2.45) is 0 Å². The van der Waals surface area contributed by atoms with E-state index in [0.29, 0.717) is 34.5 Å². The molecule has 1 atom stereocenters. The zero-order valence-electron chi connectivity index (χ0n) is 17.3. The summed E-state index contributed by atoms with van der Waals surface area (Å²) < 4.78 is 42.8. The van der Waals surface area contributed by atoms with Crippen molar-refractivity contribution in [3.05, 3.63) is 88.6 Å². The lowest BCUT2D eigenvalue weighted by atomic mass is 10.0. The van der Waals surface area contributed by atoms with E-state index in [0.717, 1.165) is 18.2 Å². The Morgan fingerprint density at radius 2 is 1.88 bits per heavy atom. The fraction of sp³-hybridized carbons (Fsp3) is 0.130. The van der Waals surface area contributed by atoms with Crippen molar-refractivity contribution in [1.29, 1.82) is 0 Å². The second-order valence-electron chi connectivity index (χ2n) is 7.47. The molecule has 0 unspecified atom stereocenters. The summed E-state index contributed by atoms with van der Waals surface area (Å²) in [4.78, 5) is 29.0. The van der Waals surface area contributed by atoms with E-state index in [-0.39, 0.29) is 11.1 Å². The first-order chi connectivity index (χ1) is 16.0. The molecule has 0 aliphatic carbocycles. The van der Waals surface area contributed by atoms with E-state index in [9.17, 15) is 18.0 Å². The third-order valence-corrected chi connectivity index (χ3v) is 5.47. The summed E-state index contributed by atoms with van der Waals surface area (Å²) in [6, 6.07) is 8.34. The van der Waals surface area contributed by atoms with Crippen LogP contribution in [0.4, 0.5) is 19.0 Å². The van der Waals surface area contributed by atoms with Gasteiger partial charge in [0.25, 0.3) is 5.56 Å². The third-order valence-electron chi connectivity index (χ3n) is 5.47. The molecular weight excluding hydrogens is 433 g/mol. The molecule has 0 aliphatic heterocycles. The minimum atomic E-state index is -1.10. The van der Waals surface area contributed by atoms with Gasteiger partial charge in [-0.15, -0.1) is 0 Å². The number of benzene rings is 2. The van der Waals surface area contributed by atoms with Crippen LogP contribution in [-0.4, -0.2) is 24.5 Å². The maximum absolute atomic E-state index is 14.1. The smallest absolute Gasteiger partial charge is 0.263 e. The molecule has 0 bridgehead atoms. The molecule has 0 aliphatic rings. The highest BCUT2D eigenvalue weighted by molar-refractivity contribution is 5.84. The van der Waals surface area contributed by atoms with Gasteiger partial charge in [0.05, 0.1) is 23.4 Å². The van der Waals surface area contributed by atoms with E-state index in [4.69, 9.17) is 0 Å². The number of halogens is 3. The zero-order chi connectivity index (χ0) is 23.1. The van der Waals surface area contributed by atoms with E-state index < -0.39 is 29.1 Å². The molecule has 3 heterocycles. The second kappa shape index (κ2) is 8.05. The number of nitrogens with zero attached hydrogens (tertiary/aromatic N) is 4. The molecule has 3 aromatic heterocycles. The van der Waals surface area contributed by atoms with Crippen molar-refractivity contribution in [2.75, 3.05) is 5.32 Å². The molecule has 7 nitrogen and oxygen atoms in total. The number of hydrogen-bond acceptors (Lipinski definition) is 5. The molecule has 0 radical (unpaired) electrons. The van der Waals surface area contributed by atoms with Crippen molar-refractivity contribution in [3.63, 3.8) is 0 Å². The number of hydrogen-bond donors (Lipinski definition) is 2. The lowest BCUT2D eigenvalue weighted by molar-refractivity contribution is 0.507. The van der Waals surface area contributed by atoms with Crippen molar-refractivity contribution < 1.29 is 13.2 Å². The van der Waals surface area contributed by atoms with Crippen LogP contribution in [0.3, 0.4) is 0 Å². The van der Waals surface area contributed by atoms with Crippen molar-refractivity contribution in [1.82, 2.24) is 24.5 Å². The van der Waals surface area contributed by atoms with Gasteiger partial charge < -0.3 is 10.3 Å². The highest BCUT2D eigenvalue weighted by atomic mass is 19.2. The van der Waals surface area contributed by atoms with E-state index >= 15 is 0 Å². The van der Waals surface area contributed by atoms with Crippen molar-refractivity contribution in [2.45, 2.75) is 19.4 Å². The molecule has 10 heteroatoms. The molecule has 5 aromatic rings. The van der Waals surface area contributed by atoms with Gasteiger partial charge in [0, 0.05) is 11.8 Å². The maximum atomic E-state index is 14.1. The average molecular weight is 450 g/mol. The topological polar surface area (TPSA) is 88.5 Å². The first kappa shape index (κ1) is 20.7. The van der Waals surface area contributed by atoms with E-state index in [1.165, 1.54) is 35.4 Å². The minimum absolute atomic E-state index is 0.118. The summed E-state index contributed by atoms with van der Waals surface area (Å²) in [7, 11) is 0. The predicted octanol–water partition coefficient (Wildman–Crippen LogP) is 4.64. The van der Waals surface area contributed by atoms with Crippen molar-refractivity contribution in [3.8, 4) is 5.69 Å². The Kier molecular flexibility index (Phi) is 5.04. The standard InChI is InChI=1S/C23H17F3N6O/c1-2-18(31-22-20-21(28-10-27-20)29-11-30-22)19-7-12-3-4-13(24)8-15(12)23(33)32(19)14-5-6-16(25)17(26)9-14/h3-11,18H,2H2,1H3,(H2,27,28,29,30,31)/t18-/m0/s1. The molecule has 5 rings (SSSR count). The number of nitrogens with one attached hydrogen (secondary N) is 2. The Hall–Kier alpha value is -4.21. The normalized spacial score (nSPS) is 12.4. The van der Waals surface area contributed by atoms with Crippen LogP contribution in [0.15, 0.2) is 59.9 Å². The number of fused-ring (bicyclic) bond motifs is 2. The minimum Gasteiger partial charge on any atom is -0.360 e. The van der Waals surface area contributed by atoms with Gasteiger partial charge in [-0.05, 0) is 42.1 Å². The monoisotopic (exact) mass is 450 g/mol. The lowest BCUT2D eigenvalue weighted by Gasteiger charge is -2.23. The molecule has 0 saturated carbocycles. The van der Waals surface area contributed by atoms with Crippen LogP contribution >= 0.6 is 0 Å². The molecule has 0 fully saturated rings. The number of aromatic amines is 1. The quantitative estimate of drug-likeness (QED) is 0.407.